The molecule has 0 bridgehead atoms. The lowest BCUT2D eigenvalue weighted by atomic mass is 10.0. The van der Waals surface area contributed by atoms with Crippen molar-refractivity contribution in [1.82, 2.24) is 0 Å². The van der Waals surface area contributed by atoms with Crippen molar-refractivity contribution in [2.75, 3.05) is 9.96 Å². The molecule has 4 aromatic carbocycles. The fraction of sp³-hybridized carbons (Fsp3) is 0.278. The molecule has 4 nitrogen and oxygen atoms in total. The van der Waals surface area contributed by atoms with Gasteiger partial charge in [-0.1, -0.05) is 113 Å². The van der Waals surface area contributed by atoms with E-state index in [1.54, 1.807) is 0 Å². The van der Waals surface area contributed by atoms with Gasteiger partial charge in [0, 0.05) is 33.6 Å². The molecular weight excluding hydrogens is 549 g/mol. The molecule has 2 N–H and O–H groups in total. The molecule has 0 saturated heterocycles. The first-order valence-electron chi connectivity index (χ1n) is 15.1. The quantitative estimate of drug-likeness (QED) is 0.0820. The standard InChI is InChI=1S/C36H44N2O2Si2/c1-41(2,37-33-23-19-31(20-24-33)35(39)29-15-9-7-10-16-29)27-13-5-6-14-28-42(3,4)38-34-25-21-32(22-26-34)36(40)30-17-11-8-12-18-30/h7-12,15-26,37-38H,5-6,13-14,27-28H2,1-4H3. The first-order valence-corrected chi connectivity index (χ1v) is 21.5. The van der Waals surface area contributed by atoms with Gasteiger partial charge in [-0.2, -0.15) is 0 Å². The lowest BCUT2D eigenvalue weighted by Gasteiger charge is -2.26. The molecule has 0 aromatic heterocycles. The summed E-state index contributed by atoms with van der Waals surface area (Å²) in [5.74, 6) is 0.127. The highest BCUT2D eigenvalue weighted by Gasteiger charge is 2.22. The van der Waals surface area contributed by atoms with Gasteiger partial charge in [-0.15, -0.1) is 0 Å². The number of carbonyl (C=O) groups excluding carboxylic acids is 2. The van der Waals surface area contributed by atoms with Crippen LogP contribution in [0.5, 0.6) is 0 Å². The van der Waals surface area contributed by atoms with E-state index < -0.39 is 16.5 Å². The number of benzene rings is 4. The minimum atomic E-state index is -1.60. The van der Waals surface area contributed by atoms with Gasteiger partial charge in [0.25, 0.3) is 0 Å². The fourth-order valence-corrected chi connectivity index (χ4v) is 9.73. The van der Waals surface area contributed by atoms with Crippen LogP contribution in [0.3, 0.4) is 0 Å². The Morgan fingerprint density at radius 2 is 0.762 bits per heavy atom. The summed E-state index contributed by atoms with van der Waals surface area (Å²) in [5, 5.41) is 0. The van der Waals surface area contributed by atoms with Crippen molar-refractivity contribution < 1.29 is 9.59 Å². The Bertz CT molecular complexity index is 1320. The Hall–Kier alpha value is -3.75. The number of carbonyl (C=O) groups is 2. The average Bonchev–Trinajstić information content (AvgIpc) is 2.99. The molecule has 0 saturated carbocycles. The Morgan fingerprint density at radius 3 is 1.10 bits per heavy atom. The summed E-state index contributed by atoms with van der Waals surface area (Å²) >= 11 is 0. The first kappa shape index (κ1) is 31.2. The van der Waals surface area contributed by atoms with Crippen molar-refractivity contribution in [1.29, 1.82) is 0 Å². The number of ketones is 2. The van der Waals surface area contributed by atoms with Crippen LogP contribution >= 0.6 is 0 Å². The molecule has 0 fully saturated rings. The van der Waals surface area contributed by atoms with Crippen LogP contribution in [-0.2, 0) is 0 Å². The van der Waals surface area contributed by atoms with Gasteiger partial charge in [0.05, 0.1) is 0 Å². The molecule has 6 heteroatoms. The lowest BCUT2D eigenvalue weighted by molar-refractivity contribution is 0.103. The smallest absolute Gasteiger partial charge is 0.193 e. The molecule has 0 unspecified atom stereocenters. The number of unbranched alkanes of at least 4 members (excludes halogenated alkanes) is 3. The van der Waals surface area contributed by atoms with Crippen LogP contribution in [0.2, 0.25) is 38.3 Å². The van der Waals surface area contributed by atoms with Crippen molar-refractivity contribution in [3.63, 3.8) is 0 Å². The van der Waals surface area contributed by atoms with E-state index >= 15 is 0 Å². The predicted molar refractivity (Wildman–Crippen MR) is 183 cm³/mol. The third-order valence-corrected chi connectivity index (χ3v) is 12.8. The van der Waals surface area contributed by atoms with Gasteiger partial charge >= 0.3 is 0 Å². The minimum Gasteiger partial charge on any atom is -0.411 e. The highest BCUT2D eigenvalue weighted by molar-refractivity contribution is 6.80. The molecule has 4 aromatic rings. The number of hydrogen-bond donors (Lipinski definition) is 2. The lowest BCUT2D eigenvalue weighted by Crippen LogP contribution is -2.36. The Labute approximate surface area is 253 Å². The van der Waals surface area contributed by atoms with Gasteiger partial charge < -0.3 is 9.96 Å². The van der Waals surface area contributed by atoms with Gasteiger partial charge in [0.2, 0.25) is 0 Å². The SMILES string of the molecule is C[Si](C)(CCCCCC[Si](C)(C)Nc1ccc(C(=O)c2ccccc2)cc1)Nc1ccc(C(=O)c2ccccc2)cc1. The van der Waals surface area contributed by atoms with Crippen molar-refractivity contribution in [2.24, 2.45) is 0 Å². The van der Waals surface area contributed by atoms with Gasteiger partial charge in [0.15, 0.2) is 11.6 Å². The van der Waals surface area contributed by atoms with E-state index in [9.17, 15) is 9.59 Å². The topological polar surface area (TPSA) is 58.2 Å². The van der Waals surface area contributed by atoms with Crippen molar-refractivity contribution in [3.05, 3.63) is 131 Å². The zero-order valence-corrected chi connectivity index (χ0v) is 27.5. The maximum atomic E-state index is 12.7. The molecular formula is C36H44N2O2Si2. The Kier molecular flexibility index (Phi) is 10.7. The van der Waals surface area contributed by atoms with E-state index in [0.717, 1.165) is 33.6 Å². The maximum Gasteiger partial charge on any atom is 0.193 e. The molecule has 4 rings (SSSR count). The molecule has 0 heterocycles. The van der Waals surface area contributed by atoms with E-state index in [1.807, 2.05) is 109 Å². The Balaban J connectivity index is 1.15. The monoisotopic (exact) mass is 592 g/mol. The second-order valence-electron chi connectivity index (χ2n) is 12.5. The minimum absolute atomic E-state index is 0.0633. The van der Waals surface area contributed by atoms with E-state index in [1.165, 1.54) is 37.8 Å². The highest BCUT2D eigenvalue weighted by Crippen LogP contribution is 2.23. The highest BCUT2D eigenvalue weighted by atomic mass is 28.3. The van der Waals surface area contributed by atoms with Crippen LogP contribution in [0.25, 0.3) is 0 Å². The normalized spacial score (nSPS) is 11.6. The number of rotatable bonds is 15. The molecule has 0 radical (unpaired) electrons. The van der Waals surface area contributed by atoms with E-state index in [2.05, 4.69) is 36.2 Å². The van der Waals surface area contributed by atoms with Gasteiger partial charge in [-0.25, -0.2) is 0 Å². The zero-order valence-electron chi connectivity index (χ0n) is 25.5. The third-order valence-electron chi connectivity index (χ3n) is 7.69. The fourth-order valence-electron chi connectivity index (χ4n) is 5.32. The van der Waals surface area contributed by atoms with Crippen LogP contribution in [0.1, 0.15) is 57.5 Å². The van der Waals surface area contributed by atoms with Crippen molar-refractivity contribution in [3.8, 4) is 0 Å². The summed E-state index contributed by atoms with van der Waals surface area (Å²) < 4.78 is 0. The summed E-state index contributed by atoms with van der Waals surface area (Å²) in [4.78, 5) is 32.9. The van der Waals surface area contributed by atoms with Crippen LogP contribution in [0.4, 0.5) is 11.4 Å². The van der Waals surface area contributed by atoms with Crippen LogP contribution in [-0.4, -0.2) is 28.0 Å². The number of hydrogen-bond acceptors (Lipinski definition) is 4. The largest absolute Gasteiger partial charge is 0.411 e. The molecule has 218 valence electrons. The predicted octanol–water partition coefficient (Wildman–Crippen LogP) is 9.64. The molecule has 0 aliphatic rings. The van der Waals surface area contributed by atoms with E-state index in [4.69, 9.17) is 0 Å². The second kappa shape index (κ2) is 14.4. The molecule has 0 amide bonds. The molecule has 0 aliphatic carbocycles. The van der Waals surface area contributed by atoms with Crippen LogP contribution < -0.4 is 9.96 Å². The zero-order chi connectivity index (χ0) is 30.0. The van der Waals surface area contributed by atoms with Gasteiger partial charge in [-0.3, -0.25) is 9.59 Å². The van der Waals surface area contributed by atoms with Crippen LogP contribution in [0.15, 0.2) is 109 Å². The Morgan fingerprint density at radius 1 is 0.452 bits per heavy atom. The van der Waals surface area contributed by atoms with E-state index in [0.29, 0.717) is 0 Å². The molecule has 0 aliphatic heterocycles. The summed E-state index contributed by atoms with van der Waals surface area (Å²) in [6, 6.07) is 37.2. The average molecular weight is 593 g/mol. The van der Waals surface area contributed by atoms with E-state index in [-0.39, 0.29) is 11.6 Å². The van der Waals surface area contributed by atoms with Crippen molar-refractivity contribution >= 4 is 39.4 Å². The van der Waals surface area contributed by atoms with Crippen LogP contribution in [0, 0.1) is 0 Å². The summed E-state index contributed by atoms with van der Waals surface area (Å²) in [5.41, 5.74) is 5.10. The maximum absolute atomic E-state index is 12.7. The molecule has 42 heavy (non-hydrogen) atoms. The second-order valence-corrected chi connectivity index (χ2v) is 21.5. The molecule has 0 spiro atoms. The third kappa shape index (κ3) is 9.39. The first-order chi connectivity index (χ1) is 20.1. The summed E-state index contributed by atoms with van der Waals surface area (Å²) in [6.07, 6.45) is 4.99. The van der Waals surface area contributed by atoms with Crippen molar-refractivity contribution in [2.45, 2.75) is 64.0 Å². The molecule has 0 atom stereocenters. The summed E-state index contributed by atoms with van der Waals surface area (Å²) in [7, 11) is -3.20. The van der Waals surface area contributed by atoms with Gasteiger partial charge in [-0.05, 0) is 60.6 Å². The number of nitrogens with one attached hydrogen (secondary N) is 2. The van der Waals surface area contributed by atoms with Gasteiger partial charge in [0.1, 0.15) is 16.5 Å². The summed E-state index contributed by atoms with van der Waals surface area (Å²) in [6.45, 7) is 9.53. The number of anilines is 2.